The summed E-state index contributed by atoms with van der Waals surface area (Å²) in [6.07, 6.45) is 0. The summed E-state index contributed by atoms with van der Waals surface area (Å²) in [4.78, 5) is 26.1. The molecule has 0 atom stereocenters. The zero-order chi connectivity index (χ0) is 22.1. The monoisotopic (exact) mass is 436 g/mol. The van der Waals surface area contributed by atoms with Gasteiger partial charge >= 0.3 is 6.03 Å². The van der Waals surface area contributed by atoms with Crippen molar-refractivity contribution in [1.82, 2.24) is 29.3 Å². The molecule has 3 aromatic rings. The summed E-state index contributed by atoms with van der Waals surface area (Å²) in [6.45, 7) is 1.51. The van der Waals surface area contributed by atoms with Crippen LogP contribution in [0.4, 0.5) is 16.6 Å². The molecule has 2 N–H and O–H groups in total. The van der Waals surface area contributed by atoms with Crippen LogP contribution >= 0.6 is 0 Å². The maximum Gasteiger partial charge on any atom is 0.335 e. The van der Waals surface area contributed by atoms with Crippen molar-refractivity contribution < 1.29 is 22.7 Å². The average molecular weight is 436 g/mol. The van der Waals surface area contributed by atoms with Crippen molar-refractivity contribution >= 4 is 33.5 Å². The molecule has 3 rings (SSSR count). The zero-order valence-electron chi connectivity index (χ0n) is 16.9. The fraction of sp³-hybridized carbons (Fsp3) is 0.312. The molecule has 0 radical (unpaired) electrons. The number of aryl methyl sites for hydroxylation is 1. The second-order valence-corrected chi connectivity index (χ2v) is 7.79. The summed E-state index contributed by atoms with van der Waals surface area (Å²) in [7, 11) is 1.95. The van der Waals surface area contributed by atoms with Crippen LogP contribution in [0.25, 0.3) is 5.65 Å². The van der Waals surface area contributed by atoms with Gasteiger partial charge in [0.1, 0.15) is 5.82 Å². The van der Waals surface area contributed by atoms with Gasteiger partial charge in [0.15, 0.2) is 5.65 Å². The normalized spacial score (nSPS) is 11.2. The van der Waals surface area contributed by atoms with Crippen LogP contribution in [-0.2, 0) is 10.0 Å². The molecular weight excluding hydrogens is 416 g/mol. The zero-order valence-corrected chi connectivity index (χ0v) is 17.7. The minimum atomic E-state index is -4.33. The van der Waals surface area contributed by atoms with Gasteiger partial charge in [-0.05, 0) is 19.1 Å². The van der Waals surface area contributed by atoms with E-state index in [-0.39, 0.29) is 28.4 Å². The first kappa shape index (κ1) is 21.0. The van der Waals surface area contributed by atoms with E-state index in [1.807, 2.05) is 4.72 Å². The molecule has 0 aliphatic heterocycles. The van der Waals surface area contributed by atoms with Crippen molar-refractivity contribution in [2.24, 2.45) is 0 Å². The molecule has 14 heteroatoms. The Morgan fingerprint density at radius 2 is 1.73 bits per heavy atom. The highest BCUT2D eigenvalue weighted by molar-refractivity contribution is 7.90. The van der Waals surface area contributed by atoms with E-state index < -0.39 is 16.1 Å². The third-order valence-corrected chi connectivity index (χ3v) is 5.28. The quantitative estimate of drug-likeness (QED) is 0.556. The molecule has 0 fully saturated rings. The number of sulfonamides is 1. The molecule has 0 saturated carbocycles. The summed E-state index contributed by atoms with van der Waals surface area (Å²) in [5, 5.41) is 6.24. The molecule has 0 bridgehead atoms. The fourth-order valence-corrected chi connectivity index (χ4v) is 3.72. The van der Waals surface area contributed by atoms with E-state index in [0.717, 1.165) is 4.52 Å². The standard InChI is InChI=1S/C16H20N8O5S/c1-9-14(24-10(17-9)6-7-11(21-24)23(2)3)30(26,27)22-16(25)20-15-18-12(28-4)8-13(19-15)29-5/h6-8H,1-5H3,(H2,18,19,20,22,25). The van der Waals surface area contributed by atoms with Gasteiger partial charge in [0.05, 0.1) is 26.0 Å². The maximum atomic E-state index is 12.9. The summed E-state index contributed by atoms with van der Waals surface area (Å²) in [5.41, 5.74) is 0.498. The lowest BCUT2D eigenvalue weighted by molar-refractivity contribution is 0.256. The van der Waals surface area contributed by atoms with Crippen molar-refractivity contribution in [1.29, 1.82) is 0 Å². The average Bonchev–Trinajstić information content (AvgIpc) is 3.02. The second-order valence-electron chi connectivity index (χ2n) is 6.19. The van der Waals surface area contributed by atoms with Crippen molar-refractivity contribution in [3.05, 3.63) is 23.9 Å². The molecule has 3 aromatic heterocycles. The molecule has 0 saturated heterocycles. The fourth-order valence-electron chi connectivity index (χ4n) is 2.53. The SMILES string of the molecule is COc1cc(OC)nc(NC(=O)NS(=O)(=O)c2c(C)nc3ccc(N(C)C)nn23)n1. The molecule has 2 amide bonds. The number of methoxy groups -OCH3 is 2. The van der Waals surface area contributed by atoms with Crippen molar-refractivity contribution in [2.45, 2.75) is 11.9 Å². The highest BCUT2D eigenvalue weighted by atomic mass is 32.2. The van der Waals surface area contributed by atoms with E-state index in [1.165, 1.54) is 27.2 Å². The number of aromatic nitrogens is 5. The topological polar surface area (TPSA) is 153 Å². The van der Waals surface area contributed by atoms with Gasteiger partial charge in [0, 0.05) is 14.1 Å². The van der Waals surface area contributed by atoms with Crippen LogP contribution in [0, 0.1) is 6.92 Å². The van der Waals surface area contributed by atoms with Crippen molar-refractivity contribution in [2.75, 3.05) is 38.5 Å². The minimum absolute atomic E-state index is 0.123. The molecule has 0 spiro atoms. The first-order valence-electron chi connectivity index (χ1n) is 8.49. The lowest BCUT2D eigenvalue weighted by Crippen LogP contribution is -2.36. The first-order chi connectivity index (χ1) is 14.1. The van der Waals surface area contributed by atoms with Gasteiger partial charge in [0.2, 0.25) is 22.7 Å². The van der Waals surface area contributed by atoms with E-state index in [4.69, 9.17) is 9.47 Å². The number of nitrogens with zero attached hydrogens (tertiary/aromatic N) is 6. The molecular formula is C16H20N8O5S. The van der Waals surface area contributed by atoms with E-state index in [0.29, 0.717) is 11.5 Å². The number of urea groups is 1. The highest BCUT2D eigenvalue weighted by Gasteiger charge is 2.27. The summed E-state index contributed by atoms with van der Waals surface area (Å²) < 4.78 is 38.8. The number of anilines is 2. The van der Waals surface area contributed by atoms with E-state index in [2.05, 4.69) is 25.4 Å². The summed E-state index contributed by atoms with van der Waals surface area (Å²) in [5.74, 6) is 0.551. The Morgan fingerprint density at radius 3 is 2.30 bits per heavy atom. The van der Waals surface area contributed by atoms with Crippen LogP contribution in [-0.4, -0.2) is 67.3 Å². The first-order valence-corrected chi connectivity index (χ1v) is 9.97. The van der Waals surface area contributed by atoms with Gasteiger partial charge in [-0.25, -0.2) is 14.5 Å². The van der Waals surface area contributed by atoms with Gasteiger partial charge < -0.3 is 14.4 Å². The van der Waals surface area contributed by atoms with Gasteiger partial charge in [-0.2, -0.15) is 22.9 Å². The summed E-state index contributed by atoms with van der Waals surface area (Å²) in [6, 6.07) is 3.65. The predicted molar refractivity (Wildman–Crippen MR) is 107 cm³/mol. The van der Waals surface area contributed by atoms with Crippen LogP contribution in [0.2, 0.25) is 0 Å². The van der Waals surface area contributed by atoms with Gasteiger partial charge in [0.25, 0.3) is 10.0 Å². The van der Waals surface area contributed by atoms with Crippen LogP contribution < -0.4 is 24.4 Å². The third-order valence-electron chi connectivity index (χ3n) is 3.85. The smallest absolute Gasteiger partial charge is 0.335 e. The second kappa shape index (κ2) is 7.98. The van der Waals surface area contributed by atoms with E-state index >= 15 is 0 Å². The van der Waals surface area contributed by atoms with Crippen molar-refractivity contribution in [3.8, 4) is 11.8 Å². The van der Waals surface area contributed by atoms with Crippen LogP contribution in [0.15, 0.2) is 23.2 Å². The van der Waals surface area contributed by atoms with Crippen LogP contribution in [0.3, 0.4) is 0 Å². The Balaban J connectivity index is 1.91. The number of rotatable bonds is 6. The number of hydrogen-bond donors (Lipinski definition) is 2. The number of hydrogen-bond acceptors (Lipinski definition) is 10. The van der Waals surface area contributed by atoms with E-state index in [1.54, 1.807) is 31.1 Å². The number of ether oxygens (including phenoxy) is 2. The Bertz CT molecular complexity index is 1190. The Kier molecular flexibility index (Phi) is 5.60. The summed E-state index contributed by atoms with van der Waals surface area (Å²) >= 11 is 0. The molecule has 160 valence electrons. The molecule has 3 heterocycles. The van der Waals surface area contributed by atoms with E-state index in [9.17, 15) is 13.2 Å². The molecule has 30 heavy (non-hydrogen) atoms. The lowest BCUT2D eigenvalue weighted by Gasteiger charge is -2.12. The van der Waals surface area contributed by atoms with Crippen LogP contribution in [0.1, 0.15) is 5.69 Å². The van der Waals surface area contributed by atoms with Crippen molar-refractivity contribution in [3.63, 3.8) is 0 Å². The Morgan fingerprint density at radius 1 is 1.10 bits per heavy atom. The largest absolute Gasteiger partial charge is 0.481 e. The Hall–Kier alpha value is -3.68. The number of imidazole rings is 1. The Labute approximate surface area is 172 Å². The van der Waals surface area contributed by atoms with Gasteiger partial charge in [-0.1, -0.05) is 0 Å². The molecule has 0 aliphatic carbocycles. The predicted octanol–water partition coefficient (Wildman–Crippen LogP) is 0.421. The molecule has 0 unspecified atom stereocenters. The minimum Gasteiger partial charge on any atom is -0.481 e. The molecule has 13 nitrogen and oxygen atoms in total. The third kappa shape index (κ3) is 4.17. The number of amides is 2. The highest BCUT2D eigenvalue weighted by Crippen LogP contribution is 2.20. The number of carbonyl (C=O) groups is 1. The number of carbonyl (C=O) groups excluding carboxylic acids is 1. The number of fused-ring (bicyclic) bond motifs is 1. The van der Waals surface area contributed by atoms with Gasteiger partial charge in [-0.15, -0.1) is 5.10 Å². The number of nitrogens with one attached hydrogen (secondary N) is 2. The lowest BCUT2D eigenvalue weighted by atomic mass is 10.5. The molecule has 0 aliphatic rings. The van der Waals surface area contributed by atoms with Crippen LogP contribution in [0.5, 0.6) is 11.8 Å². The molecule has 0 aromatic carbocycles. The maximum absolute atomic E-state index is 12.9. The van der Waals surface area contributed by atoms with Gasteiger partial charge in [-0.3, -0.25) is 5.32 Å².